The molecule has 0 saturated carbocycles. The SMILES string of the molecule is C=CCc1ccccc1O.CCCCCCCCCc1ccccc1OP(Oc1ccccc1CCCCCCCCC)Oc1ccccc1CCCCCCCCC. The average Bonchev–Trinajstić information content (AvgIpc) is 3.25. The maximum atomic E-state index is 9.19. The first kappa shape index (κ1) is 49.6. The van der Waals surface area contributed by atoms with Gasteiger partial charge in [0.25, 0.3) is 0 Å². The van der Waals surface area contributed by atoms with Crippen LogP contribution in [0.3, 0.4) is 0 Å². The van der Waals surface area contributed by atoms with Gasteiger partial charge in [-0.3, -0.25) is 0 Å². The largest absolute Gasteiger partial charge is 0.530 e. The molecule has 5 heteroatoms. The van der Waals surface area contributed by atoms with Crippen LogP contribution < -0.4 is 13.6 Å². The molecule has 0 atom stereocenters. The number of allylic oxidation sites excluding steroid dienone is 1. The number of benzene rings is 4. The summed E-state index contributed by atoms with van der Waals surface area (Å²) in [6.07, 6.45) is 32.8. The molecule has 4 rings (SSSR count). The molecule has 59 heavy (non-hydrogen) atoms. The van der Waals surface area contributed by atoms with Crippen LogP contribution in [0.15, 0.2) is 110 Å². The van der Waals surface area contributed by atoms with Gasteiger partial charge < -0.3 is 18.7 Å². The molecule has 0 spiro atoms. The lowest BCUT2D eigenvalue weighted by atomic mass is 10.0. The molecule has 0 fully saturated rings. The van der Waals surface area contributed by atoms with Crippen LogP contribution in [-0.4, -0.2) is 5.11 Å². The summed E-state index contributed by atoms with van der Waals surface area (Å²) in [5.74, 6) is 3.00. The fourth-order valence-corrected chi connectivity index (χ4v) is 8.48. The Bertz CT molecular complexity index is 1490. The Morgan fingerprint density at radius 2 is 0.695 bits per heavy atom. The Labute approximate surface area is 362 Å². The molecule has 0 aliphatic carbocycles. The molecule has 4 aromatic carbocycles. The van der Waals surface area contributed by atoms with Gasteiger partial charge in [-0.2, -0.15) is 0 Å². The van der Waals surface area contributed by atoms with E-state index < -0.39 is 8.60 Å². The van der Waals surface area contributed by atoms with E-state index in [-0.39, 0.29) is 0 Å². The third kappa shape index (κ3) is 21.9. The number of aryl methyl sites for hydroxylation is 3. The second kappa shape index (κ2) is 33.0. The van der Waals surface area contributed by atoms with Gasteiger partial charge in [0.05, 0.1) is 0 Å². The fourth-order valence-electron chi connectivity index (χ4n) is 7.35. The van der Waals surface area contributed by atoms with E-state index in [9.17, 15) is 5.11 Å². The normalized spacial score (nSPS) is 10.9. The summed E-state index contributed by atoms with van der Waals surface area (Å²) in [7, 11) is -1.72. The molecule has 0 amide bonds. The van der Waals surface area contributed by atoms with Gasteiger partial charge in [-0.1, -0.05) is 215 Å². The summed E-state index contributed by atoms with van der Waals surface area (Å²) in [5, 5.41) is 9.19. The number of hydrogen-bond donors (Lipinski definition) is 1. The van der Waals surface area contributed by atoms with Gasteiger partial charge in [0.1, 0.15) is 23.0 Å². The Hall–Kier alpha value is -3.75. The number of unbranched alkanes of at least 4 members (excludes halogenated alkanes) is 18. The molecule has 0 aliphatic rings. The fraction of sp³-hybridized carbons (Fsp3) is 0.519. The molecule has 0 heterocycles. The van der Waals surface area contributed by atoms with Crippen LogP contribution in [0.4, 0.5) is 0 Å². The molecule has 4 aromatic rings. The molecule has 4 nitrogen and oxygen atoms in total. The van der Waals surface area contributed by atoms with Crippen LogP contribution in [-0.2, 0) is 25.7 Å². The zero-order valence-corrected chi connectivity index (χ0v) is 38.2. The van der Waals surface area contributed by atoms with Gasteiger partial charge in [-0.05, 0) is 91.5 Å². The maximum Gasteiger partial charge on any atom is 0.530 e. The first-order valence-corrected chi connectivity index (χ1v) is 24.6. The molecule has 0 aliphatic heterocycles. The third-order valence-corrected chi connectivity index (χ3v) is 12.0. The van der Waals surface area contributed by atoms with Gasteiger partial charge in [0.15, 0.2) is 0 Å². The second-order valence-electron chi connectivity index (χ2n) is 16.1. The van der Waals surface area contributed by atoms with E-state index >= 15 is 0 Å². The van der Waals surface area contributed by atoms with Gasteiger partial charge >= 0.3 is 8.60 Å². The van der Waals surface area contributed by atoms with Crippen molar-refractivity contribution in [2.75, 3.05) is 0 Å². The molecule has 1 N–H and O–H groups in total. The molecular weight excluding hydrogens is 744 g/mol. The van der Waals surface area contributed by atoms with Gasteiger partial charge in [-0.15, -0.1) is 6.58 Å². The summed E-state index contributed by atoms with van der Waals surface area (Å²) in [6.45, 7) is 10.4. The van der Waals surface area contributed by atoms with E-state index in [2.05, 4.69) is 100 Å². The van der Waals surface area contributed by atoms with E-state index in [0.29, 0.717) is 5.75 Å². The van der Waals surface area contributed by atoms with E-state index in [1.54, 1.807) is 12.1 Å². The lowest BCUT2D eigenvalue weighted by Gasteiger charge is -2.22. The van der Waals surface area contributed by atoms with E-state index in [1.165, 1.54) is 152 Å². The summed E-state index contributed by atoms with van der Waals surface area (Å²) in [6, 6.07) is 32.8. The Kier molecular flexibility index (Phi) is 27.8. The summed E-state index contributed by atoms with van der Waals surface area (Å²) in [5.41, 5.74) is 4.65. The minimum Gasteiger partial charge on any atom is -0.508 e. The van der Waals surface area contributed by atoms with Crippen LogP contribution in [0.25, 0.3) is 0 Å². The Morgan fingerprint density at radius 3 is 1.02 bits per heavy atom. The lowest BCUT2D eigenvalue weighted by Crippen LogP contribution is -2.06. The van der Waals surface area contributed by atoms with Crippen molar-refractivity contribution in [1.82, 2.24) is 0 Å². The number of phenolic OH excluding ortho intramolecular Hbond substituents is 1. The number of hydrogen-bond acceptors (Lipinski definition) is 4. The van der Waals surface area contributed by atoms with Crippen molar-refractivity contribution in [2.24, 2.45) is 0 Å². The minimum absolute atomic E-state index is 0.349. The molecule has 0 radical (unpaired) electrons. The van der Waals surface area contributed by atoms with Crippen LogP contribution >= 0.6 is 8.60 Å². The van der Waals surface area contributed by atoms with Crippen molar-refractivity contribution < 1.29 is 18.7 Å². The highest BCUT2D eigenvalue weighted by Gasteiger charge is 2.24. The van der Waals surface area contributed by atoms with Crippen LogP contribution in [0.1, 0.15) is 178 Å². The van der Waals surface area contributed by atoms with Crippen molar-refractivity contribution in [1.29, 1.82) is 0 Å². The standard InChI is InChI=1S/C45H69O3P.C9H10O/c1-4-7-10-13-16-19-22-31-40-34-25-28-37-43(40)46-49(47-44-38-29-26-35-41(44)32-23-20-17-14-11-8-5-2)48-45-39-30-27-36-42(45)33-24-21-18-15-12-9-6-3;1-2-5-8-6-3-4-7-9(8)10/h25-30,34-39H,4-24,31-33H2,1-3H3;2-4,6-7,10H,1,5H2. The smallest absolute Gasteiger partial charge is 0.508 e. The van der Waals surface area contributed by atoms with Crippen molar-refractivity contribution in [3.05, 3.63) is 132 Å². The highest BCUT2D eigenvalue weighted by Crippen LogP contribution is 2.45. The molecule has 0 unspecified atom stereocenters. The van der Waals surface area contributed by atoms with Crippen LogP contribution in [0, 0.1) is 0 Å². The predicted octanol–water partition coefficient (Wildman–Crippen LogP) is 17.5. The maximum absolute atomic E-state index is 9.19. The zero-order valence-electron chi connectivity index (χ0n) is 37.3. The quantitative estimate of drug-likeness (QED) is 0.0303. The predicted molar refractivity (Wildman–Crippen MR) is 255 cm³/mol. The van der Waals surface area contributed by atoms with E-state index in [4.69, 9.17) is 13.6 Å². The van der Waals surface area contributed by atoms with Crippen LogP contribution in [0.5, 0.6) is 23.0 Å². The number of aromatic hydroxyl groups is 1. The summed E-state index contributed by atoms with van der Waals surface area (Å²) >= 11 is 0. The van der Waals surface area contributed by atoms with Crippen LogP contribution in [0.2, 0.25) is 0 Å². The Balaban J connectivity index is 0.000000809. The first-order chi connectivity index (χ1) is 29.1. The molecule has 0 bridgehead atoms. The Morgan fingerprint density at radius 1 is 0.407 bits per heavy atom. The molecular formula is C54H79O4P. The number of para-hydroxylation sites is 4. The summed E-state index contributed by atoms with van der Waals surface area (Å²) < 4.78 is 20.3. The third-order valence-electron chi connectivity index (χ3n) is 10.9. The van der Waals surface area contributed by atoms with Crippen molar-refractivity contribution in [3.63, 3.8) is 0 Å². The van der Waals surface area contributed by atoms with Crippen molar-refractivity contribution in [3.8, 4) is 23.0 Å². The van der Waals surface area contributed by atoms with E-state index in [1.807, 2.05) is 18.2 Å². The monoisotopic (exact) mass is 823 g/mol. The number of phenols is 1. The highest BCUT2D eigenvalue weighted by molar-refractivity contribution is 7.43. The van der Waals surface area contributed by atoms with Gasteiger partial charge in [0, 0.05) is 0 Å². The average molecular weight is 823 g/mol. The topological polar surface area (TPSA) is 47.9 Å². The van der Waals surface area contributed by atoms with E-state index in [0.717, 1.165) is 48.5 Å². The highest BCUT2D eigenvalue weighted by atomic mass is 31.2. The molecule has 0 aromatic heterocycles. The summed E-state index contributed by atoms with van der Waals surface area (Å²) in [4.78, 5) is 0. The first-order valence-electron chi connectivity index (χ1n) is 23.5. The van der Waals surface area contributed by atoms with Crippen molar-refractivity contribution >= 4 is 8.60 Å². The van der Waals surface area contributed by atoms with Gasteiger partial charge in [0.2, 0.25) is 0 Å². The molecule has 324 valence electrons. The number of rotatable bonds is 32. The van der Waals surface area contributed by atoms with Gasteiger partial charge in [-0.25, -0.2) is 0 Å². The zero-order chi connectivity index (χ0) is 42.0. The molecule has 0 saturated heterocycles. The van der Waals surface area contributed by atoms with Crippen molar-refractivity contribution in [2.45, 2.75) is 181 Å². The second-order valence-corrected chi connectivity index (χ2v) is 17.1. The minimum atomic E-state index is -1.72. The lowest BCUT2D eigenvalue weighted by molar-refractivity contribution is 0.382.